The molecule has 1 aliphatic heterocycles. The van der Waals surface area contributed by atoms with Crippen LogP contribution < -0.4 is 0 Å². The Morgan fingerprint density at radius 2 is 1.87 bits per heavy atom. The molecule has 0 aromatic heterocycles. The molecule has 1 aliphatic rings. The number of carboxylic acid groups (broad SMARTS) is 1. The smallest absolute Gasteiger partial charge is 0.403 e. The topological polar surface area (TPSA) is 40.5 Å². The molecular formula is C9H14F3NO2. The number of nitrogens with zero attached hydrogens (tertiary/aromatic N) is 1. The normalized spacial score (nSPS) is 22.7. The van der Waals surface area contributed by atoms with Crippen molar-refractivity contribution in [3.05, 3.63) is 0 Å². The molecule has 6 heteroatoms. The predicted molar refractivity (Wildman–Crippen MR) is 47.4 cm³/mol. The van der Waals surface area contributed by atoms with Crippen LogP contribution in [0.2, 0.25) is 0 Å². The maximum Gasteiger partial charge on any atom is 0.403 e. The number of aliphatic carboxylic acids is 1. The van der Waals surface area contributed by atoms with E-state index >= 15 is 0 Å². The van der Waals surface area contributed by atoms with Crippen LogP contribution in [-0.4, -0.2) is 41.3 Å². The van der Waals surface area contributed by atoms with Crippen LogP contribution in [0.4, 0.5) is 13.2 Å². The molecule has 3 nitrogen and oxygen atoms in total. The molecule has 1 fully saturated rings. The van der Waals surface area contributed by atoms with Crippen LogP contribution in [-0.2, 0) is 4.79 Å². The molecule has 1 atom stereocenters. The molecule has 1 N–H and O–H groups in total. The first-order valence-corrected chi connectivity index (χ1v) is 4.86. The van der Waals surface area contributed by atoms with E-state index < -0.39 is 24.1 Å². The van der Waals surface area contributed by atoms with Crippen molar-refractivity contribution < 1.29 is 23.1 Å². The van der Waals surface area contributed by atoms with Gasteiger partial charge in [-0.3, -0.25) is 9.69 Å². The summed E-state index contributed by atoms with van der Waals surface area (Å²) in [6, 6.07) is -1.48. The van der Waals surface area contributed by atoms with Crippen molar-refractivity contribution in [2.75, 3.05) is 13.1 Å². The molecule has 0 aromatic carbocycles. The molecule has 0 amide bonds. The Kier molecular flexibility index (Phi) is 3.59. The fourth-order valence-corrected chi connectivity index (χ4v) is 1.74. The Morgan fingerprint density at radius 1 is 1.40 bits per heavy atom. The van der Waals surface area contributed by atoms with Crippen molar-refractivity contribution in [1.82, 2.24) is 4.90 Å². The van der Waals surface area contributed by atoms with E-state index in [1.54, 1.807) is 0 Å². The van der Waals surface area contributed by atoms with Gasteiger partial charge < -0.3 is 5.11 Å². The Morgan fingerprint density at radius 3 is 2.20 bits per heavy atom. The molecular weight excluding hydrogens is 211 g/mol. The molecule has 0 radical (unpaired) electrons. The fraction of sp³-hybridized carbons (Fsp3) is 0.889. The quantitative estimate of drug-likeness (QED) is 0.778. The number of carbonyl (C=O) groups is 1. The number of halogens is 3. The molecule has 1 saturated heterocycles. The zero-order valence-corrected chi connectivity index (χ0v) is 8.42. The number of likely N-dealkylation sites (tertiary alicyclic amines) is 1. The van der Waals surface area contributed by atoms with E-state index in [1.807, 2.05) is 0 Å². The Labute approximate surface area is 85.9 Å². The number of rotatable bonds is 2. The second-order valence-electron chi connectivity index (χ2n) is 3.87. The van der Waals surface area contributed by atoms with Gasteiger partial charge >= 0.3 is 12.1 Å². The molecule has 0 aromatic rings. The van der Waals surface area contributed by atoms with Crippen molar-refractivity contribution >= 4 is 5.97 Å². The summed E-state index contributed by atoms with van der Waals surface area (Å²) in [5.74, 6) is -1.39. The minimum Gasteiger partial charge on any atom is -0.481 e. The fourth-order valence-electron chi connectivity index (χ4n) is 1.74. The van der Waals surface area contributed by atoms with Crippen LogP contribution in [0.25, 0.3) is 0 Å². The van der Waals surface area contributed by atoms with Gasteiger partial charge in [0.15, 0.2) is 0 Å². The van der Waals surface area contributed by atoms with Gasteiger partial charge in [-0.2, -0.15) is 13.2 Å². The van der Waals surface area contributed by atoms with Gasteiger partial charge in [0.1, 0.15) is 6.04 Å². The maximum atomic E-state index is 12.3. The molecule has 1 rings (SSSR count). The van der Waals surface area contributed by atoms with E-state index in [1.165, 1.54) is 4.90 Å². The second-order valence-corrected chi connectivity index (χ2v) is 3.87. The highest BCUT2D eigenvalue weighted by atomic mass is 19.4. The van der Waals surface area contributed by atoms with Gasteiger partial charge in [-0.1, -0.05) is 0 Å². The Balaban J connectivity index is 2.47. The van der Waals surface area contributed by atoms with Gasteiger partial charge in [0.25, 0.3) is 0 Å². The van der Waals surface area contributed by atoms with Gasteiger partial charge in [-0.05, 0) is 32.9 Å². The van der Waals surface area contributed by atoms with Crippen LogP contribution in [0.5, 0.6) is 0 Å². The third-order valence-electron chi connectivity index (χ3n) is 2.90. The third kappa shape index (κ3) is 3.09. The third-order valence-corrected chi connectivity index (χ3v) is 2.90. The summed E-state index contributed by atoms with van der Waals surface area (Å²) in [5, 5.41) is 8.68. The number of piperidine rings is 1. The number of alkyl halides is 3. The van der Waals surface area contributed by atoms with Crippen LogP contribution in [0.1, 0.15) is 19.8 Å². The lowest BCUT2D eigenvalue weighted by atomic mass is 9.96. The summed E-state index contributed by atoms with van der Waals surface area (Å²) in [7, 11) is 0. The van der Waals surface area contributed by atoms with E-state index in [0.717, 1.165) is 6.92 Å². The number of carboxylic acids is 1. The van der Waals surface area contributed by atoms with Crippen LogP contribution in [0.15, 0.2) is 0 Å². The van der Waals surface area contributed by atoms with Crippen LogP contribution in [0.3, 0.4) is 0 Å². The number of hydrogen-bond donors (Lipinski definition) is 1. The summed E-state index contributed by atoms with van der Waals surface area (Å²) in [6.45, 7) is 1.52. The van der Waals surface area contributed by atoms with Gasteiger partial charge in [-0.25, -0.2) is 0 Å². The summed E-state index contributed by atoms with van der Waals surface area (Å²) in [5.41, 5.74) is 0. The van der Waals surface area contributed by atoms with E-state index in [2.05, 4.69) is 0 Å². The van der Waals surface area contributed by atoms with Gasteiger partial charge in [0.2, 0.25) is 0 Å². The minimum absolute atomic E-state index is 0.206. The summed E-state index contributed by atoms with van der Waals surface area (Å²) in [6.07, 6.45) is -3.62. The highest BCUT2D eigenvalue weighted by Crippen LogP contribution is 2.28. The van der Waals surface area contributed by atoms with Crippen LogP contribution in [0, 0.1) is 5.92 Å². The molecule has 1 unspecified atom stereocenters. The molecule has 15 heavy (non-hydrogen) atoms. The first-order valence-electron chi connectivity index (χ1n) is 4.86. The van der Waals surface area contributed by atoms with E-state index in [0.29, 0.717) is 12.8 Å². The monoisotopic (exact) mass is 225 g/mol. The average molecular weight is 225 g/mol. The predicted octanol–water partition coefficient (Wildman–Crippen LogP) is 1.73. The standard InChI is InChI=1S/C9H14F3NO2/c1-6(9(10,11)12)13-4-2-7(3-5-13)8(14)15/h6-7H,2-5H2,1H3,(H,14,15). The Bertz CT molecular complexity index is 234. The summed E-state index contributed by atoms with van der Waals surface area (Å²) >= 11 is 0. The molecule has 1 heterocycles. The van der Waals surface area contributed by atoms with Crippen LogP contribution >= 0.6 is 0 Å². The molecule has 0 saturated carbocycles. The lowest BCUT2D eigenvalue weighted by molar-refractivity contribution is -0.182. The molecule has 0 aliphatic carbocycles. The minimum atomic E-state index is -4.23. The first kappa shape index (κ1) is 12.3. The average Bonchev–Trinajstić information content (AvgIpc) is 2.15. The largest absolute Gasteiger partial charge is 0.481 e. The Hall–Kier alpha value is -0.780. The second kappa shape index (κ2) is 4.38. The SMILES string of the molecule is CC(N1CCC(C(=O)O)CC1)C(F)(F)F. The number of hydrogen-bond acceptors (Lipinski definition) is 2. The lowest BCUT2D eigenvalue weighted by Crippen LogP contribution is -2.48. The van der Waals surface area contributed by atoms with Gasteiger partial charge in [-0.15, -0.1) is 0 Å². The van der Waals surface area contributed by atoms with Crippen molar-refractivity contribution in [3.63, 3.8) is 0 Å². The molecule has 88 valence electrons. The van der Waals surface area contributed by atoms with E-state index in [9.17, 15) is 18.0 Å². The first-order chi connectivity index (χ1) is 6.82. The van der Waals surface area contributed by atoms with Gasteiger partial charge in [0.05, 0.1) is 5.92 Å². The van der Waals surface area contributed by atoms with Gasteiger partial charge in [0, 0.05) is 0 Å². The van der Waals surface area contributed by atoms with E-state index in [4.69, 9.17) is 5.11 Å². The van der Waals surface area contributed by atoms with Crippen molar-refractivity contribution in [2.24, 2.45) is 5.92 Å². The molecule has 0 spiro atoms. The zero-order valence-electron chi connectivity index (χ0n) is 8.42. The lowest BCUT2D eigenvalue weighted by Gasteiger charge is -2.35. The highest BCUT2D eigenvalue weighted by molar-refractivity contribution is 5.70. The highest BCUT2D eigenvalue weighted by Gasteiger charge is 2.41. The zero-order chi connectivity index (χ0) is 11.6. The van der Waals surface area contributed by atoms with Crippen molar-refractivity contribution in [1.29, 1.82) is 0 Å². The van der Waals surface area contributed by atoms with E-state index in [-0.39, 0.29) is 13.1 Å². The molecule has 0 bridgehead atoms. The summed E-state index contributed by atoms with van der Waals surface area (Å²) in [4.78, 5) is 11.9. The summed E-state index contributed by atoms with van der Waals surface area (Å²) < 4.78 is 37.0. The van der Waals surface area contributed by atoms with Crippen molar-refractivity contribution in [2.45, 2.75) is 32.0 Å². The maximum absolute atomic E-state index is 12.3. The van der Waals surface area contributed by atoms with Crippen molar-refractivity contribution in [3.8, 4) is 0 Å².